The molecule has 2 heterocycles. The summed E-state index contributed by atoms with van der Waals surface area (Å²) in [4.78, 5) is 21.6. The number of carbonyl (C=O) groups excluding carboxylic acids is 1. The molecule has 0 aliphatic heterocycles. The summed E-state index contributed by atoms with van der Waals surface area (Å²) in [6.07, 6.45) is 1.46. The zero-order chi connectivity index (χ0) is 20.2. The van der Waals surface area contributed by atoms with Gasteiger partial charge in [0.1, 0.15) is 11.2 Å². The van der Waals surface area contributed by atoms with E-state index in [-0.39, 0.29) is 12.5 Å². The van der Waals surface area contributed by atoms with Gasteiger partial charge in [-0.3, -0.25) is 4.79 Å². The highest BCUT2D eigenvalue weighted by molar-refractivity contribution is 7.17. The maximum absolute atomic E-state index is 12.2. The van der Waals surface area contributed by atoms with Gasteiger partial charge < -0.3 is 10.1 Å². The molecular weight excluding hydrogens is 406 g/mol. The van der Waals surface area contributed by atoms with Crippen molar-refractivity contribution in [3.05, 3.63) is 76.4 Å². The molecule has 7 heteroatoms. The molecule has 0 spiro atoms. The first kappa shape index (κ1) is 19.4. The molecule has 1 N–H and O–H groups in total. The number of amides is 1. The largest absolute Gasteiger partial charge is 0.467 e. The summed E-state index contributed by atoms with van der Waals surface area (Å²) in [5.41, 5.74) is 4.22. The van der Waals surface area contributed by atoms with E-state index in [1.165, 1.54) is 23.2 Å². The van der Waals surface area contributed by atoms with Gasteiger partial charge in [0.2, 0.25) is 5.88 Å². The van der Waals surface area contributed by atoms with Crippen LogP contribution in [-0.2, 0) is 11.3 Å². The van der Waals surface area contributed by atoms with E-state index in [1.807, 2.05) is 17.5 Å². The second-order valence-electron chi connectivity index (χ2n) is 6.57. The minimum Gasteiger partial charge on any atom is -0.467 e. The topological polar surface area (TPSA) is 64.1 Å². The number of carbonyl (C=O) groups is 1. The molecule has 0 saturated carbocycles. The van der Waals surface area contributed by atoms with E-state index in [0.29, 0.717) is 17.4 Å². The Labute approximate surface area is 177 Å². The molecule has 0 saturated heterocycles. The third-order valence-electron chi connectivity index (χ3n) is 4.44. The van der Waals surface area contributed by atoms with Crippen LogP contribution in [0.15, 0.2) is 60.2 Å². The summed E-state index contributed by atoms with van der Waals surface area (Å²) in [7, 11) is 0. The van der Waals surface area contributed by atoms with E-state index in [1.54, 1.807) is 12.1 Å². The van der Waals surface area contributed by atoms with Crippen molar-refractivity contribution in [2.75, 3.05) is 6.61 Å². The maximum atomic E-state index is 12.2. The molecule has 0 atom stereocenters. The lowest BCUT2D eigenvalue weighted by molar-refractivity contribution is -0.123. The molecule has 0 aliphatic carbocycles. The summed E-state index contributed by atoms with van der Waals surface area (Å²) in [6, 6.07) is 15.6. The molecular formula is C22H18ClN3O2S. The summed E-state index contributed by atoms with van der Waals surface area (Å²) in [5, 5.41) is 6.36. The van der Waals surface area contributed by atoms with Crippen molar-refractivity contribution in [1.29, 1.82) is 0 Å². The Morgan fingerprint density at radius 3 is 2.62 bits per heavy atom. The standard InChI is InChI=1S/C22H18ClN3O2S/c1-14-2-6-16(7-3-14)18-12-29-22-20(18)21(25-13-26-22)28-11-19(27)24-10-15-4-8-17(23)9-5-15/h2-9,12-13H,10-11H2,1H3,(H,24,27). The highest BCUT2D eigenvalue weighted by atomic mass is 35.5. The lowest BCUT2D eigenvalue weighted by Crippen LogP contribution is -2.28. The average Bonchev–Trinajstić information content (AvgIpc) is 3.17. The van der Waals surface area contributed by atoms with E-state index in [9.17, 15) is 4.79 Å². The Bertz CT molecular complexity index is 1140. The van der Waals surface area contributed by atoms with Crippen LogP contribution >= 0.6 is 22.9 Å². The molecule has 1 amide bonds. The molecule has 2 aromatic heterocycles. The van der Waals surface area contributed by atoms with Crippen LogP contribution in [0.2, 0.25) is 5.02 Å². The predicted octanol–water partition coefficient (Wildman–Crippen LogP) is 5.02. The van der Waals surface area contributed by atoms with E-state index in [4.69, 9.17) is 16.3 Å². The van der Waals surface area contributed by atoms with Crippen LogP contribution in [0.4, 0.5) is 0 Å². The number of hydrogen-bond acceptors (Lipinski definition) is 5. The summed E-state index contributed by atoms with van der Waals surface area (Å²) < 4.78 is 5.76. The van der Waals surface area contributed by atoms with Gasteiger partial charge in [0.15, 0.2) is 6.61 Å². The van der Waals surface area contributed by atoms with Crippen LogP contribution in [0.5, 0.6) is 5.88 Å². The third-order valence-corrected chi connectivity index (χ3v) is 5.58. The molecule has 0 bridgehead atoms. The van der Waals surface area contributed by atoms with Gasteiger partial charge in [-0.15, -0.1) is 11.3 Å². The van der Waals surface area contributed by atoms with Gasteiger partial charge >= 0.3 is 0 Å². The van der Waals surface area contributed by atoms with Gasteiger partial charge in [-0.1, -0.05) is 53.6 Å². The minimum atomic E-state index is -0.223. The number of ether oxygens (including phenoxy) is 1. The fourth-order valence-corrected chi connectivity index (χ4v) is 3.92. The smallest absolute Gasteiger partial charge is 0.258 e. The summed E-state index contributed by atoms with van der Waals surface area (Å²) >= 11 is 7.40. The van der Waals surface area contributed by atoms with E-state index in [2.05, 4.69) is 46.5 Å². The first-order valence-electron chi connectivity index (χ1n) is 9.03. The van der Waals surface area contributed by atoms with Crippen molar-refractivity contribution in [3.63, 3.8) is 0 Å². The number of benzene rings is 2. The molecule has 0 unspecified atom stereocenters. The number of hydrogen-bond donors (Lipinski definition) is 1. The van der Waals surface area contributed by atoms with Crippen LogP contribution in [0.25, 0.3) is 21.3 Å². The van der Waals surface area contributed by atoms with Gasteiger partial charge in [0.25, 0.3) is 5.91 Å². The van der Waals surface area contributed by atoms with Crippen molar-refractivity contribution in [3.8, 4) is 17.0 Å². The fourth-order valence-electron chi connectivity index (χ4n) is 2.89. The Morgan fingerprint density at radius 1 is 1.10 bits per heavy atom. The molecule has 0 fully saturated rings. The normalized spacial score (nSPS) is 10.8. The first-order chi connectivity index (χ1) is 14.1. The van der Waals surface area contributed by atoms with Gasteiger partial charge in [-0.2, -0.15) is 0 Å². The van der Waals surface area contributed by atoms with Crippen LogP contribution < -0.4 is 10.1 Å². The Kier molecular flexibility index (Phi) is 5.74. The number of aromatic nitrogens is 2. The van der Waals surface area contributed by atoms with Crippen LogP contribution in [0.1, 0.15) is 11.1 Å². The number of nitrogens with one attached hydrogen (secondary N) is 1. The van der Waals surface area contributed by atoms with Crippen LogP contribution in [0, 0.1) is 6.92 Å². The SMILES string of the molecule is Cc1ccc(-c2csc3ncnc(OCC(=O)NCc4ccc(Cl)cc4)c23)cc1. The molecule has 5 nitrogen and oxygen atoms in total. The second kappa shape index (κ2) is 8.59. The lowest BCUT2D eigenvalue weighted by Gasteiger charge is -2.09. The summed E-state index contributed by atoms with van der Waals surface area (Å²) in [5.74, 6) is 0.187. The van der Waals surface area contributed by atoms with Gasteiger partial charge in [-0.25, -0.2) is 9.97 Å². The van der Waals surface area contributed by atoms with Gasteiger partial charge in [0.05, 0.1) is 5.39 Å². The van der Waals surface area contributed by atoms with Crippen molar-refractivity contribution < 1.29 is 9.53 Å². The first-order valence-corrected chi connectivity index (χ1v) is 10.3. The molecule has 4 rings (SSSR count). The molecule has 146 valence electrons. The zero-order valence-electron chi connectivity index (χ0n) is 15.7. The van der Waals surface area contributed by atoms with E-state index < -0.39 is 0 Å². The monoisotopic (exact) mass is 423 g/mol. The van der Waals surface area contributed by atoms with Crippen molar-refractivity contribution >= 4 is 39.1 Å². The van der Waals surface area contributed by atoms with Crippen molar-refractivity contribution in [2.24, 2.45) is 0 Å². The van der Waals surface area contributed by atoms with Gasteiger partial charge in [0, 0.05) is 22.5 Å². The molecule has 4 aromatic rings. The quantitative estimate of drug-likeness (QED) is 0.473. The highest BCUT2D eigenvalue weighted by Crippen LogP contribution is 2.37. The molecule has 2 aromatic carbocycles. The molecule has 0 aliphatic rings. The minimum absolute atomic E-state index is 0.122. The zero-order valence-corrected chi connectivity index (χ0v) is 17.3. The number of nitrogens with zero attached hydrogens (tertiary/aromatic N) is 2. The number of thiophene rings is 1. The third kappa shape index (κ3) is 4.55. The van der Waals surface area contributed by atoms with Crippen LogP contribution in [-0.4, -0.2) is 22.5 Å². The van der Waals surface area contributed by atoms with Crippen molar-refractivity contribution in [1.82, 2.24) is 15.3 Å². The summed E-state index contributed by atoms with van der Waals surface area (Å²) in [6.45, 7) is 2.34. The highest BCUT2D eigenvalue weighted by Gasteiger charge is 2.15. The predicted molar refractivity (Wildman–Crippen MR) is 116 cm³/mol. The lowest BCUT2D eigenvalue weighted by atomic mass is 10.0. The second-order valence-corrected chi connectivity index (χ2v) is 7.86. The average molecular weight is 424 g/mol. The Morgan fingerprint density at radius 2 is 1.86 bits per heavy atom. The number of halogens is 1. The maximum Gasteiger partial charge on any atom is 0.258 e. The Hall–Kier alpha value is -2.96. The Balaban J connectivity index is 1.47. The van der Waals surface area contributed by atoms with Gasteiger partial charge in [-0.05, 0) is 30.2 Å². The van der Waals surface area contributed by atoms with E-state index in [0.717, 1.165) is 26.9 Å². The number of fused-ring (bicyclic) bond motifs is 1. The fraction of sp³-hybridized carbons (Fsp3) is 0.136. The van der Waals surface area contributed by atoms with Crippen LogP contribution in [0.3, 0.4) is 0 Å². The van der Waals surface area contributed by atoms with E-state index >= 15 is 0 Å². The molecule has 29 heavy (non-hydrogen) atoms. The molecule has 0 radical (unpaired) electrons. The number of aryl methyl sites for hydroxylation is 1. The van der Waals surface area contributed by atoms with Crippen molar-refractivity contribution in [2.45, 2.75) is 13.5 Å². The number of rotatable bonds is 6.